The third-order valence-corrected chi connectivity index (χ3v) is 8.52. The molecule has 0 N–H and O–H groups in total. The molecule has 0 spiro atoms. The largest absolute Gasteiger partial charge is 0.255 e. The lowest BCUT2D eigenvalue weighted by atomic mass is 9.93. The van der Waals surface area contributed by atoms with E-state index in [-0.39, 0.29) is 0 Å². The molecular weight excluding hydrogens is 444 g/mol. The number of hydrogen-bond acceptors (Lipinski definition) is 3. The monoisotopic (exact) mass is 470 g/mol. The van der Waals surface area contributed by atoms with Crippen molar-refractivity contribution in [3.63, 3.8) is 0 Å². The summed E-state index contributed by atoms with van der Waals surface area (Å²) >= 11 is 1.79. The zero-order valence-corrected chi connectivity index (χ0v) is 21.3. The molecule has 0 saturated carbocycles. The quantitative estimate of drug-likeness (QED) is 0.236. The van der Waals surface area contributed by atoms with Gasteiger partial charge in [0.2, 0.25) is 0 Å². The van der Waals surface area contributed by atoms with E-state index in [1.165, 1.54) is 59.3 Å². The molecule has 2 nitrogen and oxygen atoms in total. The zero-order valence-electron chi connectivity index (χ0n) is 20.4. The van der Waals surface area contributed by atoms with E-state index < -0.39 is 0 Å². The van der Waals surface area contributed by atoms with Gasteiger partial charge in [-0.1, -0.05) is 68.1 Å². The van der Waals surface area contributed by atoms with Crippen LogP contribution in [-0.2, 0) is 6.42 Å². The Hall–Kier alpha value is -3.43. The summed E-state index contributed by atoms with van der Waals surface area (Å²) in [6.07, 6.45) is 3.06. The van der Waals surface area contributed by atoms with Crippen LogP contribution >= 0.6 is 11.8 Å². The predicted octanol–water partition coefficient (Wildman–Crippen LogP) is 9.04. The van der Waals surface area contributed by atoms with E-state index in [1.54, 1.807) is 11.8 Å². The second-order valence-corrected chi connectivity index (χ2v) is 11.3. The van der Waals surface area contributed by atoms with Gasteiger partial charge in [0.1, 0.15) is 5.03 Å². The average Bonchev–Trinajstić information content (AvgIpc) is 2.85. The van der Waals surface area contributed by atoms with Crippen LogP contribution in [0.15, 0.2) is 76.8 Å². The van der Waals surface area contributed by atoms with Crippen molar-refractivity contribution >= 4 is 55.0 Å². The molecule has 1 aliphatic heterocycles. The van der Waals surface area contributed by atoms with E-state index in [0.717, 1.165) is 28.2 Å². The molecule has 4 aromatic carbocycles. The van der Waals surface area contributed by atoms with E-state index in [9.17, 15) is 0 Å². The van der Waals surface area contributed by atoms with Crippen molar-refractivity contribution in [2.45, 2.75) is 44.0 Å². The van der Waals surface area contributed by atoms with Crippen LogP contribution in [0.4, 0.5) is 0 Å². The molecule has 7 rings (SSSR count). The fraction of sp³-hybridized carbons (Fsp3) is 0.188. The number of pyridine rings is 2. The van der Waals surface area contributed by atoms with Gasteiger partial charge in [-0.2, -0.15) is 0 Å². The van der Waals surface area contributed by atoms with E-state index in [2.05, 4.69) is 88.4 Å². The summed E-state index contributed by atoms with van der Waals surface area (Å²) in [7, 11) is 0. The first kappa shape index (κ1) is 20.9. The normalized spacial score (nSPS) is 12.8. The van der Waals surface area contributed by atoms with Crippen LogP contribution in [0.1, 0.15) is 30.5 Å². The molecule has 0 unspecified atom stereocenters. The van der Waals surface area contributed by atoms with Crippen LogP contribution in [0.2, 0.25) is 0 Å². The summed E-state index contributed by atoms with van der Waals surface area (Å²) in [5.41, 5.74) is 7.22. The summed E-state index contributed by atoms with van der Waals surface area (Å²) in [4.78, 5) is 11.3. The molecule has 1 aliphatic rings. The van der Waals surface area contributed by atoms with Gasteiger partial charge in [-0.15, -0.1) is 0 Å². The van der Waals surface area contributed by atoms with Gasteiger partial charge < -0.3 is 0 Å². The first-order chi connectivity index (χ1) is 17.0. The molecule has 6 aromatic rings. The van der Waals surface area contributed by atoms with E-state index >= 15 is 0 Å². The fourth-order valence-corrected chi connectivity index (χ4v) is 6.72. The summed E-state index contributed by atoms with van der Waals surface area (Å²) in [6.45, 7) is 8.90. The smallest absolute Gasteiger partial charge is 0.111 e. The Morgan fingerprint density at radius 3 is 2.49 bits per heavy atom. The lowest BCUT2D eigenvalue weighted by Gasteiger charge is -2.21. The molecule has 0 bridgehead atoms. The number of hydrogen-bond donors (Lipinski definition) is 0. The number of benzene rings is 4. The summed E-state index contributed by atoms with van der Waals surface area (Å²) < 4.78 is 0. The van der Waals surface area contributed by atoms with Crippen LogP contribution < -0.4 is 0 Å². The third kappa shape index (κ3) is 3.11. The summed E-state index contributed by atoms with van der Waals surface area (Å²) in [5, 5.41) is 10.0. The molecule has 35 heavy (non-hydrogen) atoms. The molecule has 0 fully saturated rings. The Morgan fingerprint density at radius 1 is 0.800 bits per heavy atom. The standard InChI is InChI=1S/C32H26N2S/c1-17(2)13-20-6-8-21-9-10-23-24-11-12-33-31-27-15-22-7-5-18(3)19(4)30(22)34-32(27)35-28(29(24)31)16-26(23)25(21)14-20/h5-12,14-17H,13H2,1-4H3. The first-order valence-electron chi connectivity index (χ1n) is 12.3. The third-order valence-electron chi connectivity index (χ3n) is 7.47. The van der Waals surface area contributed by atoms with Crippen LogP contribution in [-0.4, -0.2) is 9.97 Å². The van der Waals surface area contributed by atoms with E-state index in [4.69, 9.17) is 9.97 Å². The van der Waals surface area contributed by atoms with Crippen LogP contribution in [0.5, 0.6) is 0 Å². The second kappa shape index (κ2) is 7.53. The highest BCUT2D eigenvalue weighted by atomic mass is 32.2. The molecular formula is C32H26N2S. The highest BCUT2D eigenvalue weighted by molar-refractivity contribution is 7.99. The maximum Gasteiger partial charge on any atom is 0.111 e. The minimum Gasteiger partial charge on any atom is -0.255 e. The number of fused-ring (bicyclic) bond motifs is 7. The number of aryl methyl sites for hydroxylation is 2. The Morgan fingerprint density at radius 2 is 1.63 bits per heavy atom. The summed E-state index contributed by atoms with van der Waals surface area (Å²) in [5.74, 6) is 0.637. The van der Waals surface area contributed by atoms with Crippen molar-refractivity contribution in [3.05, 3.63) is 83.6 Å². The molecule has 3 heteroatoms. The Kier molecular flexibility index (Phi) is 4.50. The second-order valence-electron chi connectivity index (χ2n) is 10.3. The van der Waals surface area contributed by atoms with Gasteiger partial charge in [0, 0.05) is 27.4 Å². The minimum atomic E-state index is 0.637. The minimum absolute atomic E-state index is 0.637. The molecule has 0 amide bonds. The average molecular weight is 471 g/mol. The predicted molar refractivity (Wildman–Crippen MR) is 150 cm³/mol. The van der Waals surface area contributed by atoms with Gasteiger partial charge in [0.05, 0.1) is 11.2 Å². The molecule has 170 valence electrons. The van der Waals surface area contributed by atoms with Crippen molar-refractivity contribution in [1.29, 1.82) is 0 Å². The van der Waals surface area contributed by atoms with Gasteiger partial charge >= 0.3 is 0 Å². The molecule has 0 radical (unpaired) electrons. The molecule has 3 heterocycles. The van der Waals surface area contributed by atoms with Gasteiger partial charge in [-0.3, -0.25) is 4.98 Å². The van der Waals surface area contributed by atoms with Crippen molar-refractivity contribution < 1.29 is 0 Å². The van der Waals surface area contributed by atoms with Gasteiger partial charge in [-0.25, -0.2) is 4.98 Å². The summed E-state index contributed by atoms with van der Waals surface area (Å²) in [6, 6.07) is 22.7. The van der Waals surface area contributed by atoms with E-state index in [0.29, 0.717) is 5.92 Å². The van der Waals surface area contributed by atoms with Crippen molar-refractivity contribution in [1.82, 2.24) is 9.97 Å². The SMILES string of the molecule is Cc1ccc2cc3c(nc2c1C)Sc1cc2c4cc(CC(C)C)ccc4ccc2c2ccnc-3c12. The van der Waals surface area contributed by atoms with Gasteiger partial charge in [0.25, 0.3) is 0 Å². The lowest BCUT2D eigenvalue weighted by molar-refractivity contribution is 0.648. The van der Waals surface area contributed by atoms with Crippen LogP contribution in [0, 0.1) is 19.8 Å². The van der Waals surface area contributed by atoms with Gasteiger partial charge in [-0.05, 0) is 88.0 Å². The maximum atomic E-state index is 5.17. The lowest BCUT2D eigenvalue weighted by Crippen LogP contribution is -2.00. The molecule has 0 saturated heterocycles. The number of rotatable bonds is 2. The maximum absolute atomic E-state index is 5.17. The Labute approximate surface area is 209 Å². The molecule has 2 aromatic heterocycles. The molecule has 0 atom stereocenters. The Balaban J connectivity index is 1.55. The van der Waals surface area contributed by atoms with Gasteiger partial charge in [0.15, 0.2) is 0 Å². The Bertz CT molecular complexity index is 1850. The van der Waals surface area contributed by atoms with Crippen LogP contribution in [0.3, 0.4) is 0 Å². The zero-order chi connectivity index (χ0) is 23.8. The molecule has 0 aliphatic carbocycles. The van der Waals surface area contributed by atoms with Crippen molar-refractivity contribution in [2.75, 3.05) is 0 Å². The van der Waals surface area contributed by atoms with E-state index in [1.807, 2.05) is 6.20 Å². The first-order valence-corrected chi connectivity index (χ1v) is 13.2. The highest BCUT2D eigenvalue weighted by Gasteiger charge is 2.24. The van der Waals surface area contributed by atoms with Crippen molar-refractivity contribution in [3.8, 4) is 11.3 Å². The number of aromatic nitrogens is 2. The topological polar surface area (TPSA) is 25.8 Å². The van der Waals surface area contributed by atoms with Crippen LogP contribution in [0.25, 0.3) is 54.5 Å². The highest BCUT2D eigenvalue weighted by Crippen LogP contribution is 2.49. The number of nitrogens with zero attached hydrogens (tertiary/aromatic N) is 2. The van der Waals surface area contributed by atoms with Crippen molar-refractivity contribution in [2.24, 2.45) is 5.92 Å². The fourth-order valence-electron chi connectivity index (χ4n) is 5.62.